The van der Waals surface area contributed by atoms with Gasteiger partial charge in [-0.2, -0.15) is 0 Å². The normalized spacial score (nSPS) is 20.6. The molecule has 5 rings (SSSR count). The molecular formula is C23H27N3O2. The third-order valence-electron chi connectivity index (χ3n) is 6.43. The summed E-state index contributed by atoms with van der Waals surface area (Å²) in [5.74, 6) is 1.59. The summed E-state index contributed by atoms with van der Waals surface area (Å²) in [5, 5.41) is 0. The van der Waals surface area contributed by atoms with Crippen molar-refractivity contribution in [3.8, 4) is 11.6 Å². The molecule has 2 aliphatic heterocycles. The highest BCUT2D eigenvalue weighted by atomic mass is 16.5. The molecule has 5 heteroatoms. The minimum absolute atomic E-state index is 0.178. The van der Waals surface area contributed by atoms with Gasteiger partial charge in [-0.05, 0) is 61.4 Å². The highest BCUT2D eigenvalue weighted by molar-refractivity contribution is 5.95. The Bertz CT molecular complexity index is 861. The minimum Gasteiger partial charge on any atom is -0.439 e. The van der Waals surface area contributed by atoms with Gasteiger partial charge in [-0.15, -0.1) is 0 Å². The Labute approximate surface area is 166 Å². The Morgan fingerprint density at radius 3 is 2.46 bits per heavy atom. The number of carbonyl (C=O) groups excluding carboxylic acids is 1. The van der Waals surface area contributed by atoms with Crippen LogP contribution in [0.4, 0.5) is 5.69 Å². The van der Waals surface area contributed by atoms with E-state index in [2.05, 4.69) is 28.1 Å². The fraction of sp³-hybridized carbons (Fsp3) is 0.478. The van der Waals surface area contributed by atoms with Crippen molar-refractivity contribution in [3.05, 3.63) is 47.7 Å². The minimum atomic E-state index is 0.178. The fourth-order valence-electron chi connectivity index (χ4n) is 4.53. The van der Waals surface area contributed by atoms with E-state index in [4.69, 9.17) is 4.74 Å². The fourth-order valence-corrected chi connectivity index (χ4v) is 4.53. The maximum atomic E-state index is 11.9. The van der Waals surface area contributed by atoms with Crippen molar-refractivity contribution in [2.24, 2.45) is 0 Å². The van der Waals surface area contributed by atoms with Crippen molar-refractivity contribution in [1.82, 2.24) is 9.88 Å². The summed E-state index contributed by atoms with van der Waals surface area (Å²) in [6, 6.07) is 11.0. The van der Waals surface area contributed by atoms with Gasteiger partial charge in [0.05, 0.1) is 11.9 Å². The molecule has 2 fully saturated rings. The van der Waals surface area contributed by atoms with Crippen LogP contribution in [0.15, 0.2) is 36.5 Å². The topological polar surface area (TPSA) is 45.7 Å². The van der Waals surface area contributed by atoms with E-state index < -0.39 is 0 Å². The van der Waals surface area contributed by atoms with Gasteiger partial charge in [-0.3, -0.25) is 9.69 Å². The predicted molar refractivity (Wildman–Crippen MR) is 109 cm³/mol. The first-order valence-corrected chi connectivity index (χ1v) is 10.6. The number of amides is 1. The first-order chi connectivity index (χ1) is 13.8. The third-order valence-corrected chi connectivity index (χ3v) is 6.43. The molecule has 3 heterocycles. The molecule has 146 valence electrons. The highest BCUT2D eigenvalue weighted by Crippen LogP contribution is 2.30. The first kappa shape index (κ1) is 17.7. The molecule has 1 amide bonds. The first-order valence-electron chi connectivity index (χ1n) is 10.6. The van der Waals surface area contributed by atoms with E-state index >= 15 is 0 Å². The van der Waals surface area contributed by atoms with Gasteiger partial charge in [0.15, 0.2) is 0 Å². The van der Waals surface area contributed by atoms with Crippen LogP contribution in [-0.4, -0.2) is 41.5 Å². The molecule has 1 aromatic heterocycles. The summed E-state index contributed by atoms with van der Waals surface area (Å²) < 4.78 is 6.01. The van der Waals surface area contributed by atoms with Crippen LogP contribution < -0.4 is 9.64 Å². The molecule has 1 aromatic carbocycles. The zero-order valence-electron chi connectivity index (χ0n) is 16.3. The lowest BCUT2D eigenvalue weighted by Crippen LogP contribution is -2.41. The van der Waals surface area contributed by atoms with E-state index in [9.17, 15) is 4.79 Å². The number of fused-ring (bicyclic) bond motifs is 1. The Hall–Kier alpha value is -2.40. The quantitative estimate of drug-likeness (QED) is 0.809. The smallest absolute Gasteiger partial charge is 0.227 e. The van der Waals surface area contributed by atoms with E-state index in [0.717, 1.165) is 49.8 Å². The number of hydrogen-bond acceptors (Lipinski definition) is 4. The lowest BCUT2D eigenvalue weighted by molar-refractivity contribution is -0.117. The van der Waals surface area contributed by atoms with E-state index in [0.29, 0.717) is 12.3 Å². The van der Waals surface area contributed by atoms with Crippen LogP contribution in [0.2, 0.25) is 0 Å². The van der Waals surface area contributed by atoms with Crippen LogP contribution in [0.1, 0.15) is 43.2 Å². The molecule has 1 aliphatic carbocycles. The Kier molecular flexibility index (Phi) is 4.77. The highest BCUT2D eigenvalue weighted by Gasteiger charge is 2.26. The molecule has 0 bridgehead atoms. The summed E-state index contributed by atoms with van der Waals surface area (Å²) in [6.45, 7) is 3.11. The van der Waals surface area contributed by atoms with Gasteiger partial charge in [0, 0.05) is 38.2 Å². The summed E-state index contributed by atoms with van der Waals surface area (Å²) >= 11 is 0. The summed E-state index contributed by atoms with van der Waals surface area (Å²) in [4.78, 5) is 20.7. The monoisotopic (exact) mass is 377 g/mol. The van der Waals surface area contributed by atoms with Crippen LogP contribution in [0.5, 0.6) is 11.6 Å². The zero-order chi connectivity index (χ0) is 18.9. The van der Waals surface area contributed by atoms with Gasteiger partial charge in [-0.1, -0.05) is 12.5 Å². The Morgan fingerprint density at radius 2 is 1.79 bits per heavy atom. The molecule has 1 saturated carbocycles. The zero-order valence-corrected chi connectivity index (χ0v) is 16.3. The van der Waals surface area contributed by atoms with E-state index in [-0.39, 0.29) is 5.91 Å². The molecule has 3 aliphatic rings. The number of hydrogen-bond donors (Lipinski definition) is 0. The van der Waals surface area contributed by atoms with Crippen LogP contribution in [0, 0.1) is 0 Å². The molecule has 0 N–H and O–H groups in total. The second-order valence-corrected chi connectivity index (χ2v) is 8.16. The Morgan fingerprint density at radius 1 is 0.929 bits per heavy atom. The molecule has 0 unspecified atom stereocenters. The van der Waals surface area contributed by atoms with Crippen molar-refractivity contribution in [3.63, 3.8) is 0 Å². The van der Waals surface area contributed by atoms with Crippen LogP contribution in [0.3, 0.4) is 0 Å². The lowest BCUT2D eigenvalue weighted by atomic mass is 9.91. The summed E-state index contributed by atoms with van der Waals surface area (Å²) in [6.07, 6.45) is 9.64. The molecule has 0 spiro atoms. The Balaban J connectivity index is 1.26. The maximum Gasteiger partial charge on any atom is 0.227 e. The average molecular weight is 377 g/mol. The van der Waals surface area contributed by atoms with E-state index in [1.165, 1.54) is 36.9 Å². The molecule has 0 radical (unpaired) electrons. The largest absolute Gasteiger partial charge is 0.439 e. The van der Waals surface area contributed by atoms with Gasteiger partial charge in [0.2, 0.25) is 11.8 Å². The van der Waals surface area contributed by atoms with Gasteiger partial charge in [0.1, 0.15) is 5.75 Å². The van der Waals surface area contributed by atoms with Crippen molar-refractivity contribution in [2.45, 2.75) is 51.0 Å². The van der Waals surface area contributed by atoms with E-state index in [1.807, 2.05) is 12.1 Å². The number of aromatic nitrogens is 1. The number of benzene rings is 1. The second kappa shape index (κ2) is 7.55. The molecule has 0 atom stereocenters. The number of carbonyl (C=O) groups is 1. The number of ether oxygens (including phenoxy) is 1. The van der Waals surface area contributed by atoms with Crippen LogP contribution in [0.25, 0.3) is 0 Å². The van der Waals surface area contributed by atoms with E-state index in [1.54, 1.807) is 11.1 Å². The van der Waals surface area contributed by atoms with Crippen LogP contribution >= 0.6 is 0 Å². The molecule has 2 aromatic rings. The third kappa shape index (κ3) is 3.51. The maximum absolute atomic E-state index is 11.9. The number of rotatable bonds is 4. The SMILES string of the molecule is O=C1CCCN1c1ccc(Oc2ccc3c(c2)CCN(C2CCC2)CC3)nc1. The van der Waals surface area contributed by atoms with Crippen molar-refractivity contribution >= 4 is 11.6 Å². The summed E-state index contributed by atoms with van der Waals surface area (Å²) in [7, 11) is 0. The second-order valence-electron chi connectivity index (χ2n) is 8.16. The lowest BCUT2D eigenvalue weighted by Gasteiger charge is -2.36. The van der Waals surface area contributed by atoms with Crippen molar-refractivity contribution in [2.75, 3.05) is 24.5 Å². The average Bonchev–Trinajstić information content (AvgIpc) is 2.99. The van der Waals surface area contributed by atoms with Gasteiger partial charge < -0.3 is 9.64 Å². The van der Waals surface area contributed by atoms with Gasteiger partial charge in [-0.25, -0.2) is 4.98 Å². The molecular weight excluding hydrogens is 350 g/mol. The number of anilines is 1. The van der Waals surface area contributed by atoms with Crippen molar-refractivity contribution in [1.29, 1.82) is 0 Å². The van der Waals surface area contributed by atoms with Crippen molar-refractivity contribution < 1.29 is 9.53 Å². The summed E-state index contributed by atoms with van der Waals surface area (Å²) in [5.41, 5.74) is 3.71. The number of nitrogens with zero attached hydrogens (tertiary/aromatic N) is 3. The number of pyridine rings is 1. The van der Waals surface area contributed by atoms with Gasteiger partial charge in [0.25, 0.3) is 0 Å². The standard InChI is InChI=1S/C23H27N3O2/c27-23-5-2-12-26(23)20-7-9-22(24-16-20)28-21-8-6-17-10-13-25(19-3-1-4-19)14-11-18(17)15-21/h6-9,15-16,19H,1-5,10-14H2. The molecule has 1 saturated heterocycles. The van der Waals surface area contributed by atoms with Gasteiger partial charge >= 0.3 is 0 Å². The van der Waals surface area contributed by atoms with Crippen LogP contribution in [-0.2, 0) is 17.6 Å². The predicted octanol–water partition coefficient (Wildman–Crippen LogP) is 3.95. The molecule has 5 nitrogen and oxygen atoms in total. The molecule has 28 heavy (non-hydrogen) atoms.